The first kappa shape index (κ1) is 17.8. The normalized spacial score (nSPS) is 10.1. The van der Waals surface area contributed by atoms with E-state index in [2.05, 4.69) is 5.32 Å². The van der Waals surface area contributed by atoms with Crippen molar-refractivity contribution in [2.45, 2.75) is 19.8 Å². The van der Waals surface area contributed by atoms with Gasteiger partial charge in [0.25, 0.3) is 0 Å². The summed E-state index contributed by atoms with van der Waals surface area (Å²) < 4.78 is 10.1. The van der Waals surface area contributed by atoms with Gasteiger partial charge in [-0.05, 0) is 43.2 Å². The van der Waals surface area contributed by atoms with Gasteiger partial charge in [0.05, 0.1) is 6.61 Å². The topological polar surface area (TPSA) is 64.6 Å². The molecule has 1 amide bonds. The predicted octanol–water partition coefficient (Wildman–Crippen LogP) is 4.45. The van der Waals surface area contributed by atoms with Crippen LogP contribution in [0.5, 0.6) is 5.75 Å². The van der Waals surface area contributed by atoms with Crippen LogP contribution in [0.2, 0.25) is 5.02 Å². The number of benzene rings is 2. The van der Waals surface area contributed by atoms with E-state index in [1.165, 1.54) is 0 Å². The van der Waals surface area contributed by atoms with Crippen LogP contribution in [0, 0.1) is 0 Å². The van der Waals surface area contributed by atoms with Crippen LogP contribution >= 0.6 is 11.6 Å². The molecule has 5 nitrogen and oxygen atoms in total. The Morgan fingerprint density at radius 1 is 1.12 bits per heavy atom. The highest BCUT2D eigenvalue weighted by Crippen LogP contribution is 2.18. The van der Waals surface area contributed by atoms with Crippen LogP contribution in [0.25, 0.3) is 0 Å². The van der Waals surface area contributed by atoms with Crippen LogP contribution in [0.3, 0.4) is 0 Å². The molecule has 0 saturated heterocycles. The SMILES string of the molecule is CCOC(=O)Nc1cccc(OC(=O)CCc2ccc(Cl)cc2)c1. The van der Waals surface area contributed by atoms with Gasteiger partial charge in [0, 0.05) is 23.2 Å². The summed E-state index contributed by atoms with van der Waals surface area (Å²) in [6, 6.07) is 13.9. The van der Waals surface area contributed by atoms with E-state index in [0.29, 0.717) is 22.9 Å². The van der Waals surface area contributed by atoms with Crippen LogP contribution in [-0.2, 0) is 16.0 Å². The minimum Gasteiger partial charge on any atom is -0.450 e. The first-order valence-corrected chi connectivity index (χ1v) is 7.93. The zero-order valence-corrected chi connectivity index (χ0v) is 14.0. The van der Waals surface area contributed by atoms with Crippen molar-refractivity contribution in [1.29, 1.82) is 0 Å². The number of carbonyl (C=O) groups is 2. The molecule has 1 N–H and O–H groups in total. The molecule has 0 unspecified atom stereocenters. The summed E-state index contributed by atoms with van der Waals surface area (Å²) in [5, 5.41) is 3.21. The number of hydrogen-bond donors (Lipinski definition) is 1. The van der Waals surface area contributed by atoms with Gasteiger partial charge in [0.15, 0.2) is 0 Å². The van der Waals surface area contributed by atoms with E-state index in [1.54, 1.807) is 43.3 Å². The number of anilines is 1. The van der Waals surface area contributed by atoms with E-state index in [1.807, 2.05) is 12.1 Å². The summed E-state index contributed by atoms with van der Waals surface area (Å²) in [5.74, 6) is 0.0173. The largest absolute Gasteiger partial charge is 0.450 e. The molecule has 0 aliphatic rings. The molecule has 0 aromatic heterocycles. The predicted molar refractivity (Wildman–Crippen MR) is 92.5 cm³/mol. The summed E-state index contributed by atoms with van der Waals surface area (Å²) in [7, 11) is 0. The second-order valence-electron chi connectivity index (χ2n) is 4.97. The van der Waals surface area contributed by atoms with Crippen LogP contribution in [0.4, 0.5) is 10.5 Å². The molecule has 6 heteroatoms. The molecule has 2 aromatic carbocycles. The fraction of sp³-hybridized carbons (Fsp3) is 0.222. The zero-order valence-electron chi connectivity index (χ0n) is 13.3. The van der Waals surface area contributed by atoms with E-state index < -0.39 is 6.09 Å². The lowest BCUT2D eigenvalue weighted by Crippen LogP contribution is -2.13. The number of ether oxygens (including phenoxy) is 2. The smallest absolute Gasteiger partial charge is 0.411 e. The Bertz CT molecular complexity index is 700. The molecule has 2 rings (SSSR count). The minimum atomic E-state index is -0.552. The Labute approximate surface area is 145 Å². The van der Waals surface area contributed by atoms with E-state index >= 15 is 0 Å². The highest BCUT2D eigenvalue weighted by molar-refractivity contribution is 6.30. The average Bonchev–Trinajstić information content (AvgIpc) is 2.55. The van der Waals surface area contributed by atoms with Crippen molar-refractivity contribution in [2.24, 2.45) is 0 Å². The maximum absolute atomic E-state index is 11.9. The first-order valence-electron chi connectivity index (χ1n) is 7.56. The molecule has 0 heterocycles. The standard InChI is InChI=1S/C18H18ClNO4/c1-2-23-18(22)20-15-4-3-5-16(12-15)24-17(21)11-8-13-6-9-14(19)10-7-13/h3-7,9-10,12H,2,8,11H2,1H3,(H,20,22). The Balaban J connectivity index is 1.87. The first-order chi connectivity index (χ1) is 11.6. The van der Waals surface area contributed by atoms with Crippen LogP contribution in [0.15, 0.2) is 48.5 Å². The second-order valence-corrected chi connectivity index (χ2v) is 5.41. The average molecular weight is 348 g/mol. The Morgan fingerprint density at radius 3 is 2.58 bits per heavy atom. The summed E-state index contributed by atoms with van der Waals surface area (Å²) in [6.07, 6.45) is 0.261. The van der Waals surface area contributed by atoms with Gasteiger partial charge in [-0.15, -0.1) is 0 Å². The second kappa shape index (κ2) is 8.93. The molecule has 0 fully saturated rings. The maximum atomic E-state index is 11.9. The summed E-state index contributed by atoms with van der Waals surface area (Å²) in [4.78, 5) is 23.3. The van der Waals surface area contributed by atoms with Gasteiger partial charge in [0.1, 0.15) is 5.75 Å². The number of rotatable bonds is 6. The quantitative estimate of drug-likeness (QED) is 0.619. The summed E-state index contributed by atoms with van der Waals surface area (Å²) >= 11 is 5.82. The minimum absolute atomic E-state index is 0.247. The van der Waals surface area contributed by atoms with Crippen molar-refractivity contribution in [2.75, 3.05) is 11.9 Å². The van der Waals surface area contributed by atoms with Gasteiger partial charge in [-0.25, -0.2) is 4.79 Å². The van der Waals surface area contributed by atoms with Crippen molar-refractivity contribution in [3.8, 4) is 5.75 Å². The lowest BCUT2D eigenvalue weighted by Gasteiger charge is -2.08. The van der Waals surface area contributed by atoms with Crippen molar-refractivity contribution in [1.82, 2.24) is 0 Å². The third-order valence-corrected chi connectivity index (χ3v) is 3.37. The van der Waals surface area contributed by atoms with E-state index in [0.717, 1.165) is 5.56 Å². The molecule has 0 aliphatic carbocycles. The van der Waals surface area contributed by atoms with Gasteiger partial charge in [-0.3, -0.25) is 10.1 Å². The van der Waals surface area contributed by atoms with Crippen LogP contribution in [0.1, 0.15) is 18.9 Å². The Hall–Kier alpha value is -2.53. The highest BCUT2D eigenvalue weighted by atomic mass is 35.5. The lowest BCUT2D eigenvalue weighted by atomic mass is 10.1. The van der Waals surface area contributed by atoms with Crippen molar-refractivity contribution < 1.29 is 19.1 Å². The van der Waals surface area contributed by atoms with Crippen molar-refractivity contribution in [3.05, 3.63) is 59.1 Å². The number of esters is 1. The molecule has 0 atom stereocenters. The molecule has 0 radical (unpaired) electrons. The fourth-order valence-electron chi connectivity index (χ4n) is 2.00. The zero-order chi connectivity index (χ0) is 17.4. The molecular formula is C18H18ClNO4. The number of halogens is 1. The third-order valence-electron chi connectivity index (χ3n) is 3.12. The van der Waals surface area contributed by atoms with E-state index in [4.69, 9.17) is 21.1 Å². The Morgan fingerprint density at radius 2 is 1.88 bits per heavy atom. The molecule has 0 aliphatic heterocycles. The van der Waals surface area contributed by atoms with Crippen LogP contribution in [-0.4, -0.2) is 18.7 Å². The maximum Gasteiger partial charge on any atom is 0.411 e. The molecular weight excluding hydrogens is 330 g/mol. The number of hydrogen-bond acceptors (Lipinski definition) is 4. The van der Waals surface area contributed by atoms with Gasteiger partial charge in [-0.1, -0.05) is 29.8 Å². The van der Waals surface area contributed by atoms with Gasteiger partial charge >= 0.3 is 12.1 Å². The van der Waals surface area contributed by atoms with E-state index in [9.17, 15) is 9.59 Å². The number of carbonyl (C=O) groups excluding carboxylic acids is 2. The number of amides is 1. The molecule has 126 valence electrons. The molecule has 24 heavy (non-hydrogen) atoms. The molecule has 0 spiro atoms. The summed E-state index contributed by atoms with van der Waals surface area (Å²) in [5.41, 5.74) is 1.51. The molecule has 0 bridgehead atoms. The summed E-state index contributed by atoms with van der Waals surface area (Å²) in [6.45, 7) is 2.00. The fourth-order valence-corrected chi connectivity index (χ4v) is 2.13. The third kappa shape index (κ3) is 5.93. The van der Waals surface area contributed by atoms with Crippen molar-refractivity contribution >= 4 is 29.4 Å². The number of nitrogens with one attached hydrogen (secondary N) is 1. The van der Waals surface area contributed by atoms with E-state index in [-0.39, 0.29) is 19.0 Å². The Kier molecular flexibility index (Phi) is 6.63. The van der Waals surface area contributed by atoms with Gasteiger partial charge in [-0.2, -0.15) is 0 Å². The van der Waals surface area contributed by atoms with Gasteiger partial charge < -0.3 is 9.47 Å². The lowest BCUT2D eigenvalue weighted by molar-refractivity contribution is -0.134. The van der Waals surface area contributed by atoms with Gasteiger partial charge in [0.2, 0.25) is 0 Å². The monoisotopic (exact) mass is 347 g/mol. The van der Waals surface area contributed by atoms with Crippen molar-refractivity contribution in [3.63, 3.8) is 0 Å². The van der Waals surface area contributed by atoms with Crippen LogP contribution < -0.4 is 10.1 Å². The molecule has 2 aromatic rings. The number of aryl methyl sites for hydroxylation is 1. The molecule has 0 saturated carbocycles. The highest BCUT2D eigenvalue weighted by Gasteiger charge is 2.08.